The van der Waals surface area contributed by atoms with E-state index in [1.165, 1.54) is 0 Å². The number of hydrogen-bond donors (Lipinski definition) is 8. The first-order valence-electron chi connectivity index (χ1n) is 10.5. The minimum Gasteiger partial charge on any atom is -0.481 e. The van der Waals surface area contributed by atoms with E-state index in [0.29, 0.717) is 5.56 Å². The Bertz CT molecular complexity index is 925. The number of hydrogen-bond acceptors (Lipinski definition) is 8. The lowest BCUT2D eigenvalue weighted by atomic mass is 10.0. The lowest BCUT2D eigenvalue weighted by Crippen LogP contribution is -2.58. The number of amides is 4. The van der Waals surface area contributed by atoms with Gasteiger partial charge in [-0.25, -0.2) is 4.79 Å². The van der Waals surface area contributed by atoms with E-state index in [2.05, 4.69) is 10.6 Å². The molecule has 4 atom stereocenters. The van der Waals surface area contributed by atoms with E-state index in [9.17, 15) is 33.9 Å². The molecular weight excluding hydrogens is 466 g/mol. The Morgan fingerprint density at radius 1 is 0.829 bits per heavy atom. The van der Waals surface area contributed by atoms with Crippen LogP contribution >= 0.6 is 0 Å². The van der Waals surface area contributed by atoms with E-state index >= 15 is 0 Å². The molecule has 192 valence electrons. The predicted octanol–water partition coefficient (Wildman–Crippen LogP) is -3.17. The molecule has 10 N–H and O–H groups in total. The highest BCUT2D eigenvalue weighted by molar-refractivity contribution is 5.95. The molecule has 0 aromatic heterocycles. The molecule has 0 spiro atoms. The van der Waals surface area contributed by atoms with Crippen LogP contribution in [0.1, 0.15) is 24.8 Å². The van der Waals surface area contributed by atoms with Gasteiger partial charge in [-0.2, -0.15) is 0 Å². The number of carbonyl (C=O) groups is 6. The molecule has 14 heteroatoms. The summed E-state index contributed by atoms with van der Waals surface area (Å²) in [6, 6.07) is 2.67. The maximum Gasteiger partial charge on any atom is 0.326 e. The molecule has 0 aliphatic rings. The second-order valence-electron chi connectivity index (χ2n) is 7.60. The molecular formula is C21H29N5O9. The zero-order valence-electron chi connectivity index (χ0n) is 18.7. The van der Waals surface area contributed by atoms with Crippen molar-refractivity contribution in [3.05, 3.63) is 35.9 Å². The highest BCUT2D eigenvalue weighted by atomic mass is 16.4. The van der Waals surface area contributed by atoms with Crippen molar-refractivity contribution < 1.29 is 44.1 Å². The molecule has 0 aliphatic carbocycles. The number of carboxylic acid groups (broad SMARTS) is 2. The zero-order valence-corrected chi connectivity index (χ0v) is 18.7. The molecule has 0 aliphatic heterocycles. The van der Waals surface area contributed by atoms with Gasteiger partial charge in [0.15, 0.2) is 0 Å². The van der Waals surface area contributed by atoms with Gasteiger partial charge in [0.05, 0.1) is 19.1 Å². The van der Waals surface area contributed by atoms with E-state index < -0.39 is 72.8 Å². The third kappa shape index (κ3) is 10.6. The molecule has 0 radical (unpaired) electrons. The van der Waals surface area contributed by atoms with E-state index in [4.69, 9.17) is 21.7 Å². The quantitative estimate of drug-likeness (QED) is 0.121. The fourth-order valence-corrected chi connectivity index (χ4v) is 2.89. The average Bonchev–Trinajstić information content (AvgIpc) is 2.79. The number of carbonyl (C=O) groups excluding carboxylic acids is 4. The van der Waals surface area contributed by atoms with Crippen LogP contribution in [0, 0.1) is 0 Å². The van der Waals surface area contributed by atoms with Crippen LogP contribution in [0.2, 0.25) is 0 Å². The van der Waals surface area contributed by atoms with Gasteiger partial charge in [-0.05, 0) is 12.0 Å². The Labute approximate surface area is 200 Å². The molecule has 0 saturated heterocycles. The molecule has 1 aromatic carbocycles. The Balaban J connectivity index is 2.98. The van der Waals surface area contributed by atoms with Gasteiger partial charge in [0.1, 0.15) is 18.1 Å². The maximum atomic E-state index is 12.9. The van der Waals surface area contributed by atoms with Crippen molar-refractivity contribution in [2.24, 2.45) is 11.5 Å². The summed E-state index contributed by atoms with van der Waals surface area (Å²) in [5.74, 6) is -6.50. The zero-order chi connectivity index (χ0) is 26.5. The number of aliphatic hydroxyl groups excluding tert-OH is 1. The summed E-state index contributed by atoms with van der Waals surface area (Å²) in [4.78, 5) is 70.7. The standard InChI is InChI=1S/C21H29N5O9/c22-12(6-7-17(29)30)18(31)24-13(8-11-4-2-1-3-5-11)19(32)26-15(10-27)20(33)25-14(21(34)35)9-16(23)28/h1-5,12-15,27H,6-10,22H2,(H2,23,28)(H,24,31)(H,25,33)(H,26,32)(H,29,30)(H,34,35). The van der Waals surface area contributed by atoms with E-state index in [-0.39, 0.29) is 19.3 Å². The van der Waals surface area contributed by atoms with Crippen LogP contribution in [0.15, 0.2) is 30.3 Å². The number of nitrogens with one attached hydrogen (secondary N) is 3. The second kappa shape index (κ2) is 14.3. The lowest BCUT2D eigenvalue weighted by molar-refractivity contribution is -0.144. The minimum absolute atomic E-state index is 0.0384. The van der Waals surface area contributed by atoms with Gasteiger partial charge in [-0.15, -0.1) is 0 Å². The van der Waals surface area contributed by atoms with Gasteiger partial charge in [0, 0.05) is 12.8 Å². The number of benzene rings is 1. The summed E-state index contributed by atoms with van der Waals surface area (Å²) in [7, 11) is 0. The van der Waals surface area contributed by atoms with Crippen LogP contribution < -0.4 is 27.4 Å². The molecule has 1 rings (SSSR count). The summed E-state index contributed by atoms with van der Waals surface area (Å²) in [5, 5.41) is 34.1. The van der Waals surface area contributed by atoms with Gasteiger partial charge in [-0.3, -0.25) is 24.0 Å². The van der Waals surface area contributed by atoms with Crippen LogP contribution in [0.5, 0.6) is 0 Å². The third-order valence-corrected chi connectivity index (χ3v) is 4.76. The van der Waals surface area contributed by atoms with Crippen LogP contribution in [-0.2, 0) is 35.2 Å². The van der Waals surface area contributed by atoms with Crippen molar-refractivity contribution in [2.75, 3.05) is 6.61 Å². The van der Waals surface area contributed by atoms with Crippen molar-refractivity contribution in [1.82, 2.24) is 16.0 Å². The van der Waals surface area contributed by atoms with Crippen LogP contribution in [-0.4, -0.2) is 81.7 Å². The van der Waals surface area contributed by atoms with Crippen molar-refractivity contribution in [3.63, 3.8) is 0 Å². The van der Waals surface area contributed by atoms with E-state index in [1.807, 2.05) is 5.32 Å². The topological polar surface area (TPSA) is 251 Å². The fraction of sp³-hybridized carbons (Fsp3) is 0.429. The summed E-state index contributed by atoms with van der Waals surface area (Å²) in [6.07, 6.45) is -1.30. The normalized spacial score (nSPS) is 14.0. The number of primary amides is 1. The molecule has 0 heterocycles. The first-order chi connectivity index (χ1) is 16.4. The third-order valence-electron chi connectivity index (χ3n) is 4.76. The van der Waals surface area contributed by atoms with Gasteiger partial charge in [0.2, 0.25) is 23.6 Å². The van der Waals surface area contributed by atoms with Gasteiger partial charge < -0.3 is 42.7 Å². The number of aliphatic carboxylic acids is 2. The Hall–Kier alpha value is -4.04. The van der Waals surface area contributed by atoms with E-state index in [1.54, 1.807) is 30.3 Å². The summed E-state index contributed by atoms with van der Waals surface area (Å²) in [6.45, 7) is -0.926. The average molecular weight is 495 g/mol. The number of nitrogens with two attached hydrogens (primary N) is 2. The molecule has 0 fully saturated rings. The number of rotatable bonds is 15. The summed E-state index contributed by atoms with van der Waals surface area (Å²) < 4.78 is 0. The molecule has 1 aromatic rings. The monoisotopic (exact) mass is 495 g/mol. The van der Waals surface area contributed by atoms with Gasteiger partial charge >= 0.3 is 11.9 Å². The smallest absolute Gasteiger partial charge is 0.326 e. The van der Waals surface area contributed by atoms with Gasteiger partial charge in [0.25, 0.3) is 0 Å². The highest BCUT2D eigenvalue weighted by Crippen LogP contribution is 2.06. The second-order valence-corrected chi connectivity index (χ2v) is 7.60. The molecule has 0 bridgehead atoms. The van der Waals surface area contributed by atoms with Crippen molar-refractivity contribution >= 4 is 35.6 Å². The van der Waals surface area contributed by atoms with Crippen LogP contribution in [0.3, 0.4) is 0 Å². The molecule has 35 heavy (non-hydrogen) atoms. The predicted molar refractivity (Wildman–Crippen MR) is 119 cm³/mol. The minimum atomic E-state index is -1.68. The lowest BCUT2D eigenvalue weighted by Gasteiger charge is -2.24. The SMILES string of the molecule is NC(=O)CC(NC(=O)C(CO)NC(=O)C(Cc1ccccc1)NC(=O)C(N)CCC(=O)O)C(=O)O. The van der Waals surface area contributed by atoms with Crippen LogP contribution in [0.25, 0.3) is 0 Å². The number of aliphatic hydroxyl groups is 1. The van der Waals surface area contributed by atoms with Gasteiger partial charge in [-0.1, -0.05) is 30.3 Å². The molecule has 14 nitrogen and oxygen atoms in total. The van der Waals surface area contributed by atoms with Crippen molar-refractivity contribution in [2.45, 2.75) is 49.9 Å². The summed E-state index contributed by atoms with van der Waals surface area (Å²) >= 11 is 0. The highest BCUT2D eigenvalue weighted by Gasteiger charge is 2.30. The molecule has 4 unspecified atom stereocenters. The maximum absolute atomic E-state index is 12.9. The molecule has 0 saturated carbocycles. The Morgan fingerprint density at radius 2 is 1.37 bits per heavy atom. The first kappa shape index (κ1) is 29.0. The van der Waals surface area contributed by atoms with Crippen molar-refractivity contribution in [3.8, 4) is 0 Å². The fourth-order valence-electron chi connectivity index (χ4n) is 2.89. The van der Waals surface area contributed by atoms with Crippen LogP contribution in [0.4, 0.5) is 0 Å². The molecule has 4 amide bonds. The Kier molecular flexibility index (Phi) is 11.8. The number of carboxylic acids is 2. The first-order valence-corrected chi connectivity index (χ1v) is 10.5. The Morgan fingerprint density at radius 3 is 1.89 bits per heavy atom. The van der Waals surface area contributed by atoms with E-state index in [0.717, 1.165) is 0 Å². The largest absolute Gasteiger partial charge is 0.481 e. The summed E-state index contributed by atoms with van der Waals surface area (Å²) in [5.41, 5.74) is 11.3. The van der Waals surface area contributed by atoms with Crippen molar-refractivity contribution in [1.29, 1.82) is 0 Å².